The molecule has 0 bridgehead atoms. The van der Waals surface area contributed by atoms with Crippen LogP contribution < -0.4 is 4.74 Å². The Kier molecular flexibility index (Phi) is 3.52. The lowest BCUT2D eigenvalue weighted by Gasteiger charge is -2.09. The van der Waals surface area contributed by atoms with Crippen molar-refractivity contribution >= 4 is 33.3 Å². The van der Waals surface area contributed by atoms with Crippen LogP contribution in [-0.2, 0) is 6.42 Å². The highest BCUT2D eigenvalue weighted by atomic mass is 79.9. The van der Waals surface area contributed by atoms with Gasteiger partial charge in [-0.3, -0.25) is 4.79 Å². The molecular weight excluding hydrogens is 347 g/mol. The van der Waals surface area contributed by atoms with E-state index in [0.29, 0.717) is 33.0 Å². The third-order valence-corrected chi connectivity index (χ3v) is 4.04. The smallest absolute Gasteiger partial charge is 0.197 e. The molecule has 5 heteroatoms. The van der Waals surface area contributed by atoms with Gasteiger partial charge in [0.25, 0.3) is 0 Å². The van der Waals surface area contributed by atoms with Crippen LogP contribution in [0.3, 0.4) is 0 Å². The summed E-state index contributed by atoms with van der Waals surface area (Å²) < 4.78 is 19.0. The van der Waals surface area contributed by atoms with Crippen LogP contribution in [0.4, 0.5) is 4.39 Å². The van der Waals surface area contributed by atoms with E-state index in [0.717, 1.165) is 12.0 Å². The van der Waals surface area contributed by atoms with Gasteiger partial charge in [-0.05, 0) is 51.8 Å². The lowest BCUT2D eigenvalue weighted by atomic mass is 10.00. The summed E-state index contributed by atoms with van der Waals surface area (Å²) in [5, 5.41) is 0.496. The van der Waals surface area contributed by atoms with Crippen molar-refractivity contribution in [2.24, 2.45) is 0 Å². The summed E-state index contributed by atoms with van der Waals surface area (Å²) in [5.74, 6) is -0.0610. The van der Waals surface area contributed by atoms with Crippen molar-refractivity contribution in [3.05, 3.63) is 62.3 Å². The molecule has 1 aliphatic heterocycles. The third kappa shape index (κ3) is 2.34. The van der Waals surface area contributed by atoms with E-state index in [9.17, 15) is 9.18 Å². The molecule has 0 radical (unpaired) electrons. The van der Waals surface area contributed by atoms with Crippen LogP contribution >= 0.6 is 27.5 Å². The Bertz CT molecular complexity index is 715. The molecule has 2 aromatic carbocycles. The Balaban J connectivity index is 2.11. The molecule has 0 spiro atoms. The summed E-state index contributed by atoms with van der Waals surface area (Å²) in [5.41, 5.74) is 1.72. The van der Waals surface area contributed by atoms with E-state index in [1.54, 1.807) is 12.1 Å². The Hall–Kier alpha value is -1.39. The van der Waals surface area contributed by atoms with Gasteiger partial charge in [-0.25, -0.2) is 4.39 Å². The van der Waals surface area contributed by atoms with Crippen LogP contribution in [0, 0.1) is 5.82 Å². The molecule has 102 valence electrons. The summed E-state index contributed by atoms with van der Waals surface area (Å²) in [6.07, 6.45) is 0.737. The number of benzene rings is 2. The van der Waals surface area contributed by atoms with Crippen molar-refractivity contribution in [1.82, 2.24) is 0 Å². The first-order valence-electron chi connectivity index (χ1n) is 6.01. The van der Waals surface area contributed by atoms with Gasteiger partial charge in [0, 0.05) is 21.5 Å². The summed E-state index contributed by atoms with van der Waals surface area (Å²) >= 11 is 9.26. The van der Waals surface area contributed by atoms with E-state index in [-0.39, 0.29) is 5.78 Å². The van der Waals surface area contributed by atoms with E-state index in [1.807, 2.05) is 0 Å². The molecule has 2 aromatic rings. The molecule has 20 heavy (non-hydrogen) atoms. The van der Waals surface area contributed by atoms with Crippen LogP contribution in [0.2, 0.25) is 5.02 Å². The maximum Gasteiger partial charge on any atom is 0.197 e. The van der Waals surface area contributed by atoms with Crippen LogP contribution in [0.1, 0.15) is 21.5 Å². The van der Waals surface area contributed by atoms with E-state index in [2.05, 4.69) is 15.9 Å². The van der Waals surface area contributed by atoms with E-state index < -0.39 is 5.82 Å². The maximum absolute atomic E-state index is 13.1. The molecule has 0 N–H and O–H groups in total. The quantitative estimate of drug-likeness (QED) is 0.746. The van der Waals surface area contributed by atoms with Gasteiger partial charge in [0.1, 0.15) is 11.6 Å². The van der Waals surface area contributed by atoms with E-state index in [4.69, 9.17) is 16.3 Å². The highest BCUT2D eigenvalue weighted by Crippen LogP contribution is 2.35. The van der Waals surface area contributed by atoms with Gasteiger partial charge in [-0.15, -0.1) is 0 Å². The Morgan fingerprint density at radius 1 is 1.25 bits per heavy atom. The number of carbonyl (C=O) groups is 1. The molecule has 0 amide bonds. The molecule has 0 aromatic heterocycles. The topological polar surface area (TPSA) is 26.3 Å². The van der Waals surface area contributed by atoms with Crippen molar-refractivity contribution in [3.63, 3.8) is 0 Å². The molecule has 0 atom stereocenters. The first-order valence-corrected chi connectivity index (χ1v) is 7.18. The van der Waals surface area contributed by atoms with E-state index in [1.165, 1.54) is 18.2 Å². The van der Waals surface area contributed by atoms with Gasteiger partial charge < -0.3 is 4.74 Å². The zero-order valence-corrected chi connectivity index (χ0v) is 12.6. The summed E-state index contributed by atoms with van der Waals surface area (Å²) in [6.45, 7) is 0.542. The third-order valence-electron chi connectivity index (χ3n) is 3.17. The van der Waals surface area contributed by atoms with Crippen LogP contribution in [0.15, 0.2) is 34.8 Å². The minimum Gasteiger partial charge on any atom is -0.492 e. The van der Waals surface area contributed by atoms with Gasteiger partial charge in [-0.1, -0.05) is 11.6 Å². The number of carbonyl (C=O) groups excluding carboxylic acids is 1. The zero-order valence-electron chi connectivity index (χ0n) is 10.3. The van der Waals surface area contributed by atoms with Gasteiger partial charge >= 0.3 is 0 Å². The minimum absolute atomic E-state index is 0.238. The predicted octanol–water partition coefficient (Wildman–Crippen LogP) is 4.41. The number of ether oxygens (including phenoxy) is 1. The fourth-order valence-electron chi connectivity index (χ4n) is 2.26. The Morgan fingerprint density at radius 2 is 2.05 bits per heavy atom. The Morgan fingerprint density at radius 3 is 2.80 bits per heavy atom. The highest BCUT2D eigenvalue weighted by Gasteiger charge is 2.24. The summed E-state index contributed by atoms with van der Waals surface area (Å²) in [7, 11) is 0. The molecule has 2 nitrogen and oxygen atoms in total. The summed E-state index contributed by atoms with van der Waals surface area (Å²) in [6, 6.07) is 7.36. The maximum atomic E-state index is 13.1. The van der Waals surface area contributed by atoms with Gasteiger partial charge in [0.15, 0.2) is 5.78 Å². The highest BCUT2D eigenvalue weighted by molar-refractivity contribution is 9.10. The van der Waals surface area contributed by atoms with Crippen molar-refractivity contribution in [1.29, 1.82) is 0 Å². The number of fused-ring (bicyclic) bond motifs is 1. The molecule has 0 aliphatic carbocycles. The van der Waals surface area contributed by atoms with Crippen molar-refractivity contribution in [3.8, 4) is 5.75 Å². The van der Waals surface area contributed by atoms with Crippen molar-refractivity contribution < 1.29 is 13.9 Å². The second-order valence-corrected chi connectivity index (χ2v) is 5.78. The Labute approximate surface area is 128 Å². The second kappa shape index (κ2) is 5.19. The number of ketones is 1. The molecular formula is C15H9BrClFO2. The number of hydrogen-bond acceptors (Lipinski definition) is 2. The molecule has 0 fully saturated rings. The fraction of sp³-hybridized carbons (Fsp3) is 0.133. The zero-order chi connectivity index (χ0) is 14.3. The van der Waals surface area contributed by atoms with Crippen LogP contribution in [-0.4, -0.2) is 12.4 Å². The van der Waals surface area contributed by atoms with Gasteiger partial charge in [-0.2, -0.15) is 0 Å². The van der Waals surface area contributed by atoms with E-state index >= 15 is 0 Å². The van der Waals surface area contributed by atoms with Gasteiger partial charge in [0.05, 0.1) is 12.2 Å². The molecule has 0 saturated heterocycles. The summed E-state index contributed by atoms with van der Waals surface area (Å²) in [4.78, 5) is 12.6. The molecule has 1 aliphatic rings. The first-order chi connectivity index (χ1) is 9.56. The normalized spacial score (nSPS) is 12.9. The first kappa shape index (κ1) is 13.6. The predicted molar refractivity (Wildman–Crippen MR) is 78.2 cm³/mol. The number of hydrogen-bond donors (Lipinski definition) is 0. The molecule has 0 saturated carbocycles. The molecule has 0 unspecified atom stereocenters. The monoisotopic (exact) mass is 354 g/mol. The van der Waals surface area contributed by atoms with Crippen molar-refractivity contribution in [2.75, 3.05) is 6.61 Å². The standard InChI is InChI=1S/C15H9BrClFO2/c16-13-7-10(18)1-2-11(13)14(19)12-6-9(17)5-8-3-4-20-15(8)12/h1-2,5-7H,3-4H2. The molecule has 1 heterocycles. The SMILES string of the molecule is O=C(c1ccc(F)cc1Br)c1cc(Cl)cc2c1OCC2. The minimum atomic E-state index is -0.402. The average molecular weight is 356 g/mol. The fourth-order valence-corrected chi connectivity index (χ4v) is 3.03. The lowest BCUT2D eigenvalue weighted by Crippen LogP contribution is -2.05. The number of rotatable bonds is 2. The lowest BCUT2D eigenvalue weighted by molar-refractivity contribution is 0.103. The number of halogens is 3. The average Bonchev–Trinajstić information content (AvgIpc) is 2.85. The van der Waals surface area contributed by atoms with Crippen LogP contribution in [0.5, 0.6) is 5.75 Å². The largest absolute Gasteiger partial charge is 0.492 e. The van der Waals surface area contributed by atoms with Crippen molar-refractivity contribution in [2.45, 2.75) is 6.42 Å². The van der Waals surface area contributed by atoms with Crippen LogP contribution in [0.25, 0.3) is 0 Å². The molecule has 3 rings (SSSR count). The second-order valence-electron chi connectivity index (χ2n) is 4.49. The van der Waals surface area contributed by atoms with Gasteiger partial charge in [0.2, 0.25) is 0 Å².